The first-order valence-corrected chi connectivity index (χ1v) is 15.3. The number of rotatable bonds is 9. The standard InChI is InChI=1S/C34H38N8O4/c1-23(19-25-7-10-27(45-3)11-8-25)37-34(44)39-28-5-4-6-30(24(28)2)42-21-29(32-35-13-14-41(32)22-42)38-31-12-9-26(20-36-31)33(43)40-15-17-46-18-16-40/h4-14,20-21,23H,15-19,22H2,1-3H3,(H,36,38)(H2,37,39,44)/q+1. The van der Waals surface area contributed by atoms with E-state index in [0.29, 0.717) is 56.5 Å². The van der Waals surface area contributed by atoms with Gasteiger partial charge >= 0.3 is 11.9 Å². The van der Waals surface area contributed by atoms with Crippen LogP contribution in [0.5, 0.6) is 5.75 Å². The normalized spacial score (nSPS) is 16.7. The summed E-state index contributed by atoms with van der Waals surface area (Å²) in [5, 5.41) is 9.44. The number of fused-ring (bicyclic) bond motifs is 1. The Morgan fingerprint density at radius 1 is 1.09 bits per heavy atom. The molecule has 46 heavy (non-hydrogen) atoms. The number of ether oxygens (including phenoxy) is 2. The fraction of sp³-hybridized carbons (Fsp3) is 0.294. The SMILES string of the molecule is COc1ccc(CC(C)NC(=O)Nc2cccc(N3C=C(Nc4ccc(C(=O)N5CCOCC5)cn4)C4=NC=C[N+]4C3)c2C)cc1. The van der Waals surface area contributed by atoms with Crippen LogP contribution in [0.4, 0.5) is 22.0 Å². The van der Waals surface area contributed by atoms with Crippen LogP contribution in [0.1, 0.15) is 28.4 Å². The molecule has 1 unspecified atom stereocenters. The first kappa shape index (κ1) is 30.8. The summed E-state index contributed by atoms with van der Waals surface area (Å²) in [5.41, 5.74) is 4.96. The van der Waals surface area contributed by atoms with Crippen molar-refractivity contribution in [2.75, 3.05) is 55.6 Å². The van der Waals surface area contributed by atoms with Crippen molar-refractivity contribution in [1.29, 1.82) is 0 Å². The maximum atomic E-state index is 13.0. The van der Waals surface area contributed by atoms with Crippen molar-refractivity contribution in [2.45, 2.75) is 26.3 Å². The molecule has 3 N–H and O–H groups in total. The highest BCUT2D eigenvalue weighted by Crippen LogP contribution is 2.30. The van der Waals surface area contributed by atoms with Gasteiger partial charge in [-0.1, -0.05) is 23.1 Å². The number of carbonyl (C=O) groups is 2. The number of aliphatic imine (C=N–C) groups is 1. The summed E-state index contributed by atoms with van der Waals surface area (Å²) in [6.07, 6.45) is 7.95. The molecule has 1 radical (unpaired) electrons. The molecule has 3 amide bonds. The minimum absolute atomic E-state index is 0.0507. The number of morpholine rings is 1. The number of nitrogens with zero attached hydrogens (tertiary/aromatic N) is 5. The average molecular weight is 623 g/mol. The zero-order valence-electron chi connectivity index (χ0n) is 26.2. The van der Waals surface area contributed by atoms with Gasteiger partial charge in [-0.05, 0) is 67.8 Å². The molecule has 237 valence electrons. The third kappa shape index (κ3) is 7.03. The minimum atomic E-state index is -0.267. The Labute approximate surface area is 268 Å². The van der Waals surface area contributed by atoms with Gasteiger partial charge in [-0.2, -0.15) is 4.99 Å². The highest BCUT2D eigenvalue weighted by atomic mass is 16.5. The molecule has 6 rings (SSSR count). The van der Waals surface area contributed by atoms with Crippen molar-refractivity contribution < 1.29 is 19.1 Å². The van der Waals surface area contributed by atoms with E-state index in [9.17, 15) is 9.59 Å². The van der Waals surface area contributed by atoms with E-state index in [1.54, 1.807) is 36.5 Å². The van der Waals surface area contributed by atoms with Crippen LogP contribution < -0.4 is 30.5 Å². The molecule has 0 spiro atoms. The van der Waals surface area contributed by atoms with E-state index in [-0.39, 0.29) is 18.0 Å². The summed E-state index contributed by atoms with van der Waals surface area (Å²) in [4.78, 5) is 40.8. The number of amides is 3. The number of anilines is 3. The predicted molar refractivity (Wildman–Crippen MR) is 178 cm³/mol. The van der Waals surface area contributed by atoms with E-state index in [4.69, 9.17) is 9.47 Å². The fourth-order valence-electron chi connectivity index (χ4n) is 5.62. The van der Waals surface area contributed by atoms with Crippen LogP contribution in [-0.4, -0.2) is 73.8 Å². The molecule has 0 aliphatic carbocycles. The number of hydrogen-bond acceptors (Lipinski definition) is 9. The monoisotopic (exact) mass is 622 g/mol. The minimum Gasteiger partial charge on any atom is -0.497 e. The maximum absolute atomic E-state index is 13.0. The molecule has 3 aromatic rings. The molecule has 12 heteroatoms. The zero-order valence-corrected chi connectivity index (χ0v) is 26.2. The van der Waals surface area contributed by atoms with Crippen molar-refractivity contribution in [3.8, 4) is 5.75 Å². The predicted octanol–water partition coefficient (Wildman–Crippen LogP) is 4.38. The molecule has 1 fully saturated rings. The second-order valence-corrected chi connectivity index (χ2v) is 11.3. The van der Waals surface area contributed by atoms with E-state index in [1.165, 1.54) is 0 Å². The Hall–Kier alpha value is -5.20. The summed E-state index contributed by atoms with van der Waals surface area (Å²) in [6.45, 7) is 6.76. The van der Waals surface area contributed by atoms with Gasteiger partial charge in [0.05, 0.1) is 37.8 Å². The lowest BCUT2D eigenvalue weighted by atomic mass is 10.1. The Morgan fingerprint density at radius 3 is 2.63 bits per heavy atom. The van der Waals surface area contributed by atoms with Gasteiger partial charge in [-0.3, -0.25) is 9.69 Å². The maximum Gasteiger partial charge on any atom is 0.319 e. The number of nitrogens with one attached hydrogen (secondary N) is 3. The van der Waals surface area contributed by atoms with E-state index >= 15 is 0 Å². The second kappa shape index (κ2) is 13.8. The first-order chi connectivity index (χ1) is 22.4. The Morgan fingerprint density at radius 2 is 1.89 bits per heavy atom. The molecule has 1 saturated heterocycles. The third-order valence-corrected chi connectivity index (χ3v) is 8.06. The van der Waals surface area contributed by atoms with E-state index < -0.39 is 0 Å². The van der Waals surface area contributed by atoms with Gasteiger partial charge in [0.15, 0.2) is 6.20 Å². The van der Waals surface area contributed by atoms with Gasteiger partial charge in [0.2, 0.25) is 6.67 Å². The highest BCUT2D eigenvalue weighted by molar-refractivity contribution is 6.06. The van der Waals surface area contributed by atoms with Crippen molar-refractivity contribution in [1.82, 2.24) is 20.1 Å². The largest absolute Gasteiger partial charge is 0.497 e. The van der Waals surface area contributed by atoms with Crippen LogP contribution in [0.2, 0.25) is 0 Å². The molecular formula is C34H38N8O4+. The Bertz CT molecular complexity index is 1660. The molecule has 2 aromatic carbocycles. The zero-order chi connectivity index (χ0) is 32.0. The summed E-state index contributed by atoms with van der Waals surface area (Å²) < 4.78 is 10.6. The van der Waals surface area contributed by atoms with Crippen LogP contribution >= 0.6 is 0 Å². The molecule has 4 heterocycles. The van der Waals surface area contributed by atoms with Crippen LogP contribution in [0.15, 0.2) is 90.1 Å². The number of urea groups is 1. The summed E-state index contributed by atoms with van der Waals surface area (Å²) in [5.74, 6) is 2.11. The van der Waals surface area contributed by atoms with Crippen molar-refractivity contribution >= 4 is 35.0 Å². The Balaban J connectivity index is 1.13. The van der Waals surface area contributed by atoms with Gasteiger partial charge in [-0.25, -0.2) is 9.78 Å². The number of carbonyl (C=O) groups excluding carboxylic acids is 2. The highest BCUT2D eigenvalue weighted by Gasteiger charge is 2.37. The van der Waals surface area contributed by atoms with E-state index in [1.807, 2.05) is 73.6 Å². The van der Waals surface area contributed by atoms with Gasteiger partial charge in [0, 0.05) is 37.2 Å². The van der Waals surface area contributed by atoms with E-state index in [2.05, 4.69) is 30.8 Å². The third-order valence-electron chi connectivity index (χ3n) is 8.06. The average Bonchev–Trinajstić information content (AvgIpc) is 3.56. The van der Waals surface area contributed by atoms with Crippen LogP contribution in [-0.2, 0) is 11.2 Å². The van der Waals surface area contributed by atoms with Crippen molar-refractivity contribution in [3.63, 3.8) is 0 Å². The smallest absolute Gasteiger partial charge is 0.319 e. The van der Waals surface area contributed by atoms with Gasteiger partial charge in [0.1, 0.15) is 17.3 Å². The number of hydrogen-bond donors (Lipinski definition) is 3. The van der Waals surface area contributed by atoms with Crippen LogP contribution in [0.3, 0.4) is 0 Å². The number of amidine groups is 1. The molecular weight excluding hydrogens is 584 g/mol. The first-order valence-electron chi connectivity index (χ1n) is 15.3. The molecule has 1 atom stereocenters. The molecule has 0 saturated carbocycles. The fourth-order valence-corrected chi connectivity index (χ4v) is 5.62. The molecule has 0 bridgehead atoms. The molecule has 1 aromatic heterocycles. The number of pyridine rings is 1. The summed E-state index contributed by atoms with van der Waals surface area (Å²) in [6, 6.07) is 16.9. The van der Waals surface area contributed by atoms with Crippen LogP contribution in [0, 0.1) is 6.92 Å². The Kier molecular flexibility index (Phi) is 9.27. The summed E-state index contributed by atoms with van der Waals surface area (Å²) >= 11 is 0. The molecule has 12 nitrogen and oxygen atoms in total. The van der Waals surface area contributed by atoms with Crippen molar-refractivity contribution in [2.24, 2.45) is 4.99 Å². The number of aromatic nitrogens is 1. The van der Waals surface area contributed by atoms with Gasteiger partial charge in [-0.15, -0.1) is 0 Å². The lowest BCUT2D eigenvalue weighted by molar-refractivity contribution is 0.0302. The van der Waals surface area contributed by atoms with Crippen LogP contribution in [0.25, 0.3) is 0 Å². The molecule has 3 aliphatic heterocycles. The lowest BCUT2D eigenvalue weighted by Crippen LogP contribution is -2.46. The quantitative estimate of drug-likeness (QED) is 0.303. The molecule has 3 aliphatic rings. The number of methoxy groups -OCH3 is 1. The van der Waals surface area contributed by atoms with Gasteiger partial charge in [0.25, 0.3) is 5.91 Å². The summed E-state index contributed by atoms with van der Waals surface area (Å²) in [7, 11) is 1.64. The second-order valence-electron chi connectivity index (χ2n) is 11.3. The topological polar surface area (TPSA) is 126 Å². The van der Waals surface area contributed by atoms with E-state index in [0.717, 1.165) is 34.1 Å². The lowest BCUT2D eigenvalue weighted by Gasteiger charge is -2.28. The van der Waals surface area contributed by atoms with Gasteiger partial charge < -0.3 is 30.3 Å². The number of benzene rings is 2. The van der Waals surface area contributed by atoms with Crippen molar-refractivity contribution in [3.05, 3.63) is 102 Å².